The monoisotopic (exact) mass is 242 g/mol. The van der Waals surface area contributed by atoms with Crippen LogP contribution in [0, 0.1) is 6.92 Å². The Hall–Kier alpha value is -1.90. The van der Waals surface area contributed by atoms with Gasteiger partial charge in [-0.15, -0.1) is 0 Å². The molecule has 3 heteroatoms. The summed E-state index contributed by atoms with van der Waals surface area (Å²) in [6, 6.07) is 9.88. The minimum absolute atomic E-state index is 0.129. The van der Waals surface area contributed by atoms with Gasteiger partial charge in [-0.1, -0.05) is 36.8 Å². The van der Waals surface area contributed by atoms with Crippen LogP contribution in [-0.2, 0) is 13.0 Å². The molecule has 0 saturated heterocycles. The molecule has 0 unspecified atom stereocenters. The average molecular weight is 242 g/mol. The van der Waals surface area contributed by atoms with E-state index >= 15 is 0 Å². The smallest absolute Gasteiger partial charge is 0.185 e. The van der Waals surface area contributed by atoms with Crippen LogP contribution in [0.4, 0.5) is 0 Å². The molecule has 0 fully saturated rings. The molecule has 0 N–H and O–H groups in total. The molecule has 1 heterocycles. The molecule has 1 aromatic heterocycles. The highest BCUT2D eigenvalue weighted by Crippen LogP contribution is 2.09. The van der Waals surface area contributed by atoms with Gasteiger partial charge in [-0.2, -0.15) is 5.10 Å². The third-order valence-electron chi connectivity index (χ3n) is 2.92. The highest BCUT2D eigenvalue weighted by atomic mass is 16.1. The second kappa shape index (κ2) is 5.63. The summed E-state index contributed by atoms with van der Waals surface area (Å²) in [7, 11) is 0. The average Bonchev–Trinajstić information content (AvgIpc) is 2.81. The number of hydrogen-bond acceptors (Lipinski definition) is 2. The Morgan fingerprint density at radius 2 is 1.94 bits per heavy atom. The summed E-state index contributed by atoms with van der Waals surface area (Å²) in [5.41, 5.74) is 2.97. The second-order valence-electron chi connectivity index (χ2n) is 4.53. The molecule has 0 aliphatic heterocycles. The molecule has 0 amide bonds. The fraction of sp³-hybridized carbons (Fsp3) is 0.333. The molecule has 3 nitrogen and oxygen atoms in total. The SMILES string of the molecule is CCCn1nccc1C(=O)Cc1ccc(C)cc1. The third kappa shape index (κ3) is 2.86. The molecule has 18 heavy (non-hydrogen) atoms. The van der Waals surface area contributed by atoms with Crippen molar-refractivity contribution in [3.05, 3.63) is 53.3 Å². The largest absolute Gasteiger partial charge is 0.292 e. The summed E-state index contributed by atoms with van der Waals surface area (Å²) in [6.07, 6.45) is 3.11. The van der Waals surface area contributed by atoms with Crippen LogP contribution in [-0.4, -0.2) is 15.6 Å². The number of aryl methyl sites for hydroxylation is 2. The van der Waals surface area contributed by atoms with Gasteiger partial charge in [-0.3, -0.25) is 9.48 Å². The number of nitrogens with zero attached hydrogens (tertiary/aromatic N) is 2. The molecule has 0 saturated carbocycles. The van der Waals surface area contributed by atoms with Crippen molar-refractivity contribution < 1.29 is 4.79 Å². The van der Waals surface area contributed by atoms with E-state index in [1.54, 1.807) is 16.9 Å². The van der Waals surface area contributed by atoms with Gasteiger partial charge in [0.15, 0.2) is 5.78 Å². The lowest BCUT2D eigenvalue weighted by Gasteiger charge is -2.05. The van der Waals surface area contributed by atoms with Crippen molar-refractivity contribution >= 4 is 5.78 Å². The van der Waals surface area contributed by atoms with Crippen molar-refractivity contribution in [2.75, 3.05) is 0 Å². The molecule has 0 bridgehead atoms. The number of benzene rings is 1. The summed E-state index contributed by atoms with van der Waals surface area (Å²) in [5, 5.41) is 4.18. The summed E-state index contributed by atoms with van der Waals surface area (Å²) in [4.78, 5) is 12.2. The van der Waals surface area contributed by atoms with Gasteiger partial charge < -0.3 is 0 Å². The fourth-order valence-corrected chi connectivity index (χ4v) is 1.94. The molecule has 0 spiro atoms. The lowest BCUT2D eigenvalue weighted by Crippen LogP contribution is -2.12. The van der Waals surface area contributed by atoms with Gasteiger partial charge in [0.25, 0.3) is 0 Å². The number of carbonyl (C=O) groups is 1. The van der Waals surface area contributed by atoms with Crippen molar-refractivity contribution in [2.24, 2.45) is 0 Å². The normalized spacial score (nSPS) is 10.6. The van der Waals surface area contributed by atoms with Crippen molar-refractivity contribution in [1.82, 2.24) is 9.78 Å². The zero-order valence-electron chi connectivity index (χ0n) is 10.9. The first-order chi connectivity index (χ1) is 8.70. The zero-order valence-corrected chi connectivity index (χ0v) is 10.9. The molecular formula is C15H18N2O. The van der Waals surface area contributed by atoms with Crippen LogP contribution in [0.5, 0.6) is 0 Å². The minimum Gasteiger partial charge on any atom is -0.292 e. The van der Waals surface area contributed by atoms with Crippen LogP contribution in [0.25, 0.3) is 0 Å². The number of ketones is 1. The standard InChI is InChI=1S/C15H18N2O/c1-3-10-17-14(8-9-16-17)15(18)11-13-6-4-12(2)5-7-13/h4-9H,3,10-11H2,1-2H3. The predicted octanol–water partition coefficient (Wildman–Crippen LogP) is 3.03. The van der Waals surface area contributed by atoms with Gasteiger partial charge in [-0.05, 0) is 25.0 Å². The van der Waals surface area contributed by atoms with Gasteiger partial charge in [-0.25, -0.2) is 0 Å². The number of Topliss-reactive ketones (excluding diaryl/α,β-unsaturated/α-hetero) is 1. The third-order valence-corrected chi connectivity index (χ3v) is 2.92. The maximum absolute atomic E-state index is 12.2. The van der Waals surface area contributed by atoms with E-state index in [1.807, 2.05) is 31.2 Å². The van der Waals surface area contributed by atoms with Crippen molar-refractivity contribution in [3.8, 4) is 0 Å². The maximum Gasteiger partial charge on any atom is 0.185 e. The highest BCUT2D eigenvalue weighted by Gasteiger charge is 2.12. The molecule has 94 valence electrons. The Kier molecular flexibility index (Phi) is 3.92. The molecule has 0 radical (unpaired) electrons. The van der Waals surface area contributed by atoms with Crippen LogP contribution in [0.2, 0.25) is 0 Å². The van der Waals surface area contributed by atoms with Crippen LogP contribution < -0.4 is 0 Å². The van der Waals surface area contributed by atoms with E-state index in [9.17, 15) is 4.79 Å². The van der Waals surface area contributed by atoms with E-state index in [-0.39, 0.29) is 5.78 Å². The Balaban J connectivity index is 2.11. The lowest BCUT2D eigenvalue weighted by molar-refractivity contribution is 0.0982. The van der Waals surface area contributed by atoms with E-state index in [4.69, 9.17) is 0 Å². The molecule has 2 rings (SSSR count). The van der Waals surface area contributed by atoms with Crippen LogP contribution in [0.3, 0.4) is 0 Å². The summed E-state index contributed by atoms with van der Waals surface area (Å²) < 4.78 is 1.79. The van der Waals surface area contributed by atoms with E-state index in [1.165, 1.54) is 5.56 Å². The number of hydrogen-bond donors (Lipinski definition) is 0. The van der Waals surface area contributed by atoms with E-state index in [0.717, 1.165) is 18.5 Å². The van der Waals surface area contributed by atoms with Gasteiger partial charge in [0.1, 0.15) is 5.69 Å². The molecule has 2 aromatic rings. The first-order valence-electron chi connectivity index (χ1n) is 6.31. The Bertz CT molecular complexity index is 526. The number of rotatable bonds is 5. The van der Waals surface area contributed by atoms with Crippen LogP contribution in [0.1, 0.15) is 35.0 Å². The van der Waals surface area contributed by atoms with E-state index in [0.29, 0.717) is 12.1 Å². The first kappa shape index (κ1) is 12.6. The fourth-order valence-electron chi connectivity index (χ4n) is 1.94. The Morgan fingerprint density at radius 3 is 2.61 bits per heavy atom. The predicted molar refractivity (Wildman–Crippen MR) is 71.7 cm³/mol. The zero-order chi connectivity index (χ0) is 13.0. The Labute approximate surface area is 107 Å². The number of carbonyl (C=O) groups excluding carboxylic acids is 1. The van der Waals surface area contributed by atoms with Crippen molar-refractivity contribution in [2.45, 2.75) is 33.2 Å². The van der Waals surface area contributed by atoms with Crippen LogP contribution in [0.15, 0.2) is 36.5 Å². The van der Waals surface area contributed by atoms with E-state index < -0.39 is 0 Å². The summed E-state index contributed by atoms with van der Waals surface area (Å²) >= 11 is 0. The minimum atomic E-state index is 0.129. The molecular weight excluding hydrogens is 224 g/mol. The topological polar surface area (TPSA) is 34.9 Å². The summed E-state index contributed by atoms with van der Waals surface area (Å²) in [5.74, 6) is 0.129. The molecule has 0 aliphatic rings. The van der Waals surface area contributed by atoms with Gasteiger partial charge >= 0.3 is 0 Å². The van der Waals surface area contributed by atoms with Crippen molar-refractivity contribution in [3.63, 3.8) is 0 Å². The molecule has 0 atom stereocenters. The second-order valence-corrected chi connectivity index (χ2v) is 4.53. The number of aromatic nitrogens is 2. The summed E-state index contributed by atoms with van der Waals surface area (Å²) in [6.45, 7) is 4.92. The van der Waals surface area contributed by atoms with Crippen LogP contribution >= 0.6 is 0 Å². The van der Waals surface area contributed by atoms with Gasteiger partial charge in [0.2, 0.25) is 0 Å². The molecule has 1 aromatic carbocycles. The van der Waals surface area contributed by atoms with E-state index in [2.05, 4.69) is 12.0 Å². The first-order valence-corrected chi connectivity index (χ1v) is 6.31. The lowest BCUT2D eigenvalue weighted by atomic mass is 10.1. The quantitative estimate of drug-likeness (QED) is 0.755. The maximum atomic E-state index is 12.2. The van der Waals surface area contributed by atoms with Gasteiger partial charge in [0, 0.05) is 19.2 Å². The highest BCUT2D eigenvalue weighted by molar-refractivity contribution is 5.95. The Morgan fingerprint density at radius 1 is 1.22 bits per heavy atom. The van der Waals surface area contributed by atoms with Gasteiger partial charge in [0.05, 0.1) is 0 Å². The van der Waals surface area contributed by atoms with Crippen molar-refractivity contribution in [1.29, 1.82) is 0 Å². The molecule has 0 aliphatic carbocycles.